The van der Waals surface area contributed by atoms with Crippen molar-refractivity contribution in [3.8, 4) is 11.5 Å². The van der Waals surface area contributed by atoms with Crippen molar-refractivity contribution < 1.29 is 54.7 Å². The first-order valence-corrected chi connectivity index (χ1v) is 19.3. The Morgan fingerprint density at radius 2 is 0.800 bits per heavy atom. The van der Waals surface area contributed by atoms with Crippen molar-refractivity contribution in [1.82, 2.24) is 0 Å². The fourth-order valence-electron chi connectivity index (χ4n) is 5.16. The van der Waals surface area contributed by atoms with Crippen molar-refractivity contribution in [3.05, 3.63) is 57.6 Å². The maximum atomic E-state index is 11.9. The molecule has 2 atom stereocenters. The summed E-state index contributed by atoms with van der Waals surface area (Å²) in [6.07, 6.45) is 2.64. The zero-order valence-corrected chi connectivity index (χ0v) is 31.6. The van der Waals surface area contributed by atoms with Gasteiger partial charge in [-0.25, -0.2) is 0 Å². The molecule has 2 unspecified atom stereocenters. The quantitative estimate of drug-likeness (QED) is 0.133. The van der Waals surface area contributed by atoms with E-state index in [0.29, 0.717) is 46.3 Å². The van der Waals surface area contributed by atoms with Gasteiger partial charge in [-0.2, -0.15) is 0 Å². The molecule has 2 aromatic carbocycles. The van der Waals surface area contributed by atoms with E-state index >= 15 is 0 Å². The average molecular weight is 713 g/mol. The molecule has 0 radical (unpaired) electrons. The monoisotopic (exact) mass is 712 g/mol. The second kappa shape index (κ2) is 20.3. The predicted molar refractivity (Wildman–Crippen MR) is 176 cm³/mol. The van der Waals surface area contributed by atoms with Gasteiger partial charge in [0.1, 0.15) is 26.7 Å². The SMILES string of the molecule is CCOP(=O)([O-])Cc1cc(CC(C)C)c(O)c(CC(C)C)c1.CCOP(=O)([O-])Cc1cc(CC(C)C)c(O)c(CC(C)C)c1.[Ni+2]. The molecule has 2 aromatic rings. The summed E-state index contributed by atoms with van der Waals surface area (Å²) in [6, 6.07) is 7.18. The third-order valence-electron chi connectivity index (χ3n) is 6.57. The average Bonchev–Trinajstić information content (AvgIpc) is 2.83. The summed E-state index contributed by atoms with van der Waals surface area (Å²) in [7, 11) is -7.74. The van der Waals surface area contributed by atoms with Gasteiger partial charge in [0.05, 0.1) is 13.2 Å². The summed E-state index contributed by atoms with van der Waals surface area (Å²) < 4.78 is 33.5. The molecule has 0 bridgehead atoms. The first-order chi connectivity index (χ1) is 20.3. The van der Waals surface area contributed by atoms with Gasteiger partial charge in [0.15, 0.2) is 0 Å². The van der Waals surface area contributed by atoms with Crippen LogP contribution >= 0.6 is 15.2 Å². The summed E-state index contributed by atoms with van der Waals surface area (Å²) in [5.74, 6) is 2.17. The van der Waals surface area contributed by atoms with E-state index in [-0.39, 0.29) is 42.0 Å². The molecule has 0 saturated carbocycles. The van der Waals surface area contributed by atoms with Crippen molar-refractivity contribution in [1.29, 1.82) is 0 Å². The molecule has 11 heteroatoms. The van der Waals surface area contributed by atoms with Gasteiger partial charge in [-0.05, 0) is 96.6 Å². The maximum absolute atomic E-state index is 11.9. The molecule has 0 fully saturated rings. The minimum Gasteiger partial charge on any atom is -0.778 e. The van der Waals surface area contributed by atoms with Crippen LogP contribution in [0.2, 0.25) is 0 Å². The van der Waals surface area contributed by atoms with Crippen molar-refractivity contribution in [2.24, 2.45) is 23.7 Å². The number of aromatic hydroxyl groups is 2. The molecule has 2 N–H and O–H groups in total. The summed E-state index contributed by atoms with van der Waals surface area (Å²) in [5, 5.41) is 20.9. The molecule has 0 aliphatic carbocycles. The van der Waals surface area contributed by atoms with Crippen LogP contribution in [0.4, 0.5) is 0 Å². The van der Waals surface area contributed by atoms with Crippen molar-refractivity contribution in [2.75, 3.05) is 13.2 Å². The van der Waals surface area contributed by atoms with Gasteiger partial charge in [0.25, 0.3) is 0 Å². The van der Waals surface area contributed by atoms with E-state index in [1.807, 2.05) is 0 Å². The van der Waals surface area contributed by atoms with Crippen molar-refractivity contribution >= 4 is 15.2 Å². The molecule has 0 aliphatic rings. The molecule has 45 heavy (non-hydrogen) atoms. The van der Waals surface area contributed by atoms with Gasteiger partial charge in [-0.1, -0.05) is 79.7 Å². The summed E-state index contributed by atoms with van der Waals surface area (Å²) in [4.78, 5) is 23.8. The second-order valence-electron chi connectivity index (χ2n) is 13.3. The number of hydrogen-bond acceptors (Lipinski definition) is 8. The Kier molecular flexibility index (Phi) is 19.7. The number of rotatable bonds is 16. The van der Waals surface area contributed by atoms with Gasteiger partial charge in [0.2, 0.25) is 0 Å². The number of hydrogen-bond donors (Lipinski definition) is 2. The Bertz CT molecular complexity index is 1120. The Hall–Kier alpha value is -1.17. The Balaban J connectivity index is 0.000000842. The number of benzene rings is 2. The zero-order chi connectivity index (χ0) is 33.8. The van der Waals surface area contributed by atoms with Crippen LogP contribution in [-0.2, 0) is 72.7 Å². The minimum absolute atomic E-state index is 0. The molecule has 0 saturated heterocycles. The predicted octanol–water partition coefficient (Wildman–Crippen LogP) is 7.76. The van der Waals surface area contributed by atoms with Gasteiger partial charge >= 0.3 is 16.5 Å². The Labute approximate surface area is 282 Å². The van der Waals surface area contributed by atoms with Gasteiger partial charge in [-0.3, -0.25) is 0 Å². The molecule has 260 valence electrons. The number of phenolic OH excluding ortho intramolecular Hbond substituents is 2. The Morgan fingerprint density at radius 3 is 0.978 bits per heavy atom. The molecule has 0 aromatic heterocycles. The third-order valence-corrected chi connectivity index (χ3v) is 9.38. The van der Waals surface area contributed by atoms with Gasteiger partial charge < -0.3 is 38.2 Å². The normalized spacial score (nSPS) is 14.2. The van der Waals surface area contributed by atoms with Crippen LogP contribution in [0.1, 0.15) is 103 Å². The first-order valence-electron chi connectivity index (χ1n) is 15.8. The summed E-state index contributed by atoms with van der Waals surface area (Å²) in [5.41, 5.74) is 4.66. The van der Waals surface area contributed by atoms with Crippen LogP contribution in [0, 0.1) is 23.7 Å². The summed E-state index contributed by atoms with van der Waals surface area (Å²) in [6.45, 7) is 20.2. The van der Waals surface area contributed by atoms with E-state index < -0.39 is 15.2 Å². The van der Waals surface area contributed by atoms with Crippen LogP contribution in [0.25, 0.3) is 0 Å². The van der Waals surface area contributed by atoms with E-state index in [2.05, 4.69) is 55.4 Å². The second-order valence-corrected chi connectivity index (χ2v) is 16.9. The molecule has 0 aliphatic heterocycles. The van der Waals surface area contributed by atoms with Crippen LogP contribution in [0.5, 0.6) is 11.5 Å². The largest absolute Gasteiger partial charge is 2.00 e. The smallest absolute Gasteiger partial charge is 0.778 e. The number of phenols is 2. The van der Waals surface area contributed by atoms with E-state index in [9.17, 15) is 29.1 Å². The molecule has 0 heterocycles. The van der Waals surface area contributed by atoms with Crippen LogP contribution < -0.4 is 9.79 Å². The molecular formula is C34H56NiO8P2. The maximum Gasteiger partial charge on any atom is 2.00 e. The van der Waals surface area contributed by atoms with Gasteiger partial charge in [-0.15, -0.1) is 0 Å². The fourth-order valence-corrected chi connectivity index (χ4v) is 7.39. The standard InChI is InChI=1S/2C17H29O4P.Ni/c2*1-6-21-22(19,20)11-14-9-15(7-12(2)3)17(18)16(10-14)8-13(4)5;/h2*9-10,12-13,18H,6-8,11H2,1-5H3,(H,19,20);/q;;+2/p-2. The zero-order valence-electron chi connectivity index (χ0n) is 28.8. The van der Waals surface area contributed by atoms with Gasteiger partial charge in [0, 0.05) is 12.3 Å². The Morgan fingerprint density at radius 1 is 0.578 bits per heavy atom. The minimum atomic E-state index is -3.87. The van der Waals surface area contributed by atoms with Crippen molar-refractivity contribution in [2.45, 2.75) is 107 Å². The van der Waals surface area contributed by atoms with E-state index in [4.69, 9.17) is 9.05 Å². The topological polar surface area (TPSA) is 139 Å². The summed E-state index contributed by atoms with van der Waals surface area (Å²) >= 11 is 0. The van der Waals surface area contributed by atoms with E-state index in [0.717, 1.165) is 47.9 Å². The fraction of sp³-hybridized carbons (Fsp3) is 0.647. The molecule has 0 amide bonds. The molecule has 8 nitrogen and oxygen atoms in total. The molecular weight excluding hydrogens is 657 g/mol. The van der Waals surface area contributed by atoms with E-state index in [1.165, 1.54) is 0 Å². The van der Waals surface area contributed by atoms with E-state index in [1.54, 1.807) is 38.1 Å². The molecule has 2 rings (SSSR count). The first kappa shape index (κ1) is 43.8. The van der Waals surface area contributed by atoms with Crippen LogP contribution in [-0.4, -0.2) is 23.4 Å². The van der Waals surface area contributed by atoms with Crippen LogP contribution in [0.3, 0.4) is 0 Å². The van der Waals surface area contributed by atoms with Crippen LogP contribution in [0.15, 0.2) is 24.3 Å². The van der Waals surface area contributed by atoms with Crippen molar-refractivity contribution in [3.63, 3.8) is 0 Å². The third kappa shape index (κ3) is 17.0. The molecule has 0 spiro atoms.